The number of nitrogens with one attached hydrogen (secondary N) is 1. The highest BCUT2D eigenvalue weighted by molar-refractivity contribution is 5.77. The summed E-state index contributed by atoms with van der Waals surface area (Å²) in [6.45, 7) is 2.68. The molecule has 1 aliphatic rings. The smallest absolute Gasteiger partial charge is 0.220 e. The first-order valence-electron chi connectivity index (χ1n) is 7.67. The van der Waals surface area contributed by atoms with Gasteiger partial charge in [0.25, 0.3) is 0 Å². The lowest BCUT2D eigenvalue weighted by atomic mass is 9.94. The fourth-order valence-electron chi connectivity index (χ4n) is 3.02. The van der Waals surface area contributed by atoms with E-state index < -0.39 is 0 Å². The summed E-state index contributed by atoms with van der Waals surface area (Å²) in [7, 11) is 0. The van der Waals surface area contributed by atoms with E-state index in [1.54, 1.807) is 0 Å². The number of hydrogen-bond acceptors (Lipinski definition) is 2. The minimum absolute atomic E-state index is 0.127. The van der Waals surface area contributed by atoms with Crippen LogP contribution in [0.25, 0.3) is 5.65 Å². The molecule has 4 nitrogen and oxygen atoms in total. The van der Waals surface area contributed by atoms with Crippen LogP contribution in [0.5, 0.6) is 0 Å². The summed E-state index contributed by atoms with van der Waals surface area (Å²) in [4.78, 5) is 16.6. The van der Waals surface area contributed by atoms with E-state index in [4.69, 9.17) is 0 Å². The van der Waals surface area contributed by atoms with Gasteiger partial charge in [0.1, 0.15) is 5.65 Å². The van der Waals surface area contributed by atoms with E-state index in [9.17, 15) is 4.79 Å². The van der Waals surface area contributed by atoms with Gasteiger partial charge in [0, 0.05) is 18.5 Å². The topological polar surface area (TPSA) is 46.4 Å². The molecule has 110 valence electrons. The molecule has 1 N–H and O–H groups in total. The monoisotopic (exact) mass is 283 g/mol. The molecule has 2 aromatic rings. The zero-order chi connectivity index (χ0) is 14.7. The second kappa shape index (κ2) is 6.12. The summed E-state index contributed by atoms with van der Waals surface area (Å²) in [6, 6.07) is 6.03. The molecule has 0 bridgehead atoms. The highest BCUT2D eigenvalue weighted by atomic mass is 16.1. The Bertz CT molecular complexity index is 672. The Morgan fingerprint density at radius 3 is 3.19 bits per heavy atom. The molecule has 0 saturated carbocycles. The maximum absolute atomic E-state index is 11.9. The molecule has 3 rings (SSSR count). The molecule has 1 amide bonds. The quantitative estimate of drug-likeness (QED) is 0.876. The molecule has 21 heavy (non-hydrogen) atoms. The number of rotatable bonds is 4. The molecule has 1 aliphatic heterocycles. The Balaban J connectivity index is 1.95. The highest BCUT2D eigenvalue weighted by Crippen LogP contribution is 2.31. The maximum atomic E-state index is 11.9. The molecule has 3 heterocycles. The third-order valence-corrected chi connectivity index (χ3v) is 4.00. The molecule has 4 heteroatoms. The fraction of sp³-hybridized carbons (Fsp3) is 0.412. The number of amides is 1. The van der Waals surface area contributed by atoms with E-state index in [-0.39, 0.29) is 11.8 Å². The van der Waals surface area contributed by atoms with Gasteiger partial charge in [-0.05, 0) is 31.4 Å². The first kappa shape index (κ1) is 13.9. The van der Waals surface area contributed by atoms with Crippen LogP contribution in [0.15, 0.2) is 36.5 Å². The summed E-state index contributed by atoms with van der Waals surface area (Å²) in [5.41, 5.74) is 3.18. The Morgan fingerprint density at radius 1 is 1.43 bits per heavy atom. The zero-order valence-corrected chi connectivity index (χ0v) is 12.4. The van der Waals surface area contributed by atoms with Crippen LogP contribution in [0.4, 0.5) is 0 Å². The van der Waals surface area contributed by atoms with Crippen molar-refractivity contribution in [2.75, 3.05) is 0 Å². The Hall–Kier alpha value is -2.10. The second-order valence-electron chi connectivity index (χ2n) is 5.51. The molecule has 1 atom stereocenters. The lowest BCUT2D eigenvalue weighted by Gasteiger charge is -2.14. The molecule has 0 fully saturated rings. The minimum Gasteiger partial charge on any atom is -0.350 e. The normalized spacial score (nSPS) is 18.7. The van der Waals surface area contributed by atoms with E-state index in [0.717, 1.165) is 30.6 Å². The fourth-order valence-corrected chi connectivity index (χ4v) is 3.02. The van der Waals surface area contributed by atoms with Crippen LogP contribution in [-0.2, 0) is 11.3 Å². The molecular formula is C17H21N3O. The molecule has 0 radical (unpaired) electrons. The number of allylic oxidation sites excluding steroid dienone is 2. The summed E-state index contributed by atoms with van der Waals surface area (Å²) in [6.07, 6.45) is 10.1. The van der Waals surface area contributed by atoms with E-state index >= 15 is 0 Å². The molecule has 2 aromatic heterocycles. The van der Waals surface area contributed by atoms with Crippen LogP contribution in [-0.4, -0.2) is 15.3 Å². The SMILES string of the molecule is CC/C=C\CC[C@@H]1CC(=O)NCc2nc3ccccn3c21. The molecule has 0 aliphatic carbocycles. The van der Waals surface area contributed by atoms with Crippen LogP contribution in [0.2, 0.25) is 0 Å². The van der Waals surface area contributed by atoms with E-state index in [2.05, 4.69) is 33.8 Å². The Kier molecular flexibility index (Phi) is 4.04. The van der Waals surface area contributed by atoms with Crippen molar-refractivity contribution in [3.05, 3.63) is 47.9 Å². The van der Waals surface area contributed by atoms with Crippen molar-refractivity contribution in [3.8, 4) is 0 Å². The van der Waals surface area contributed by atoms with Crippen LogP contribution >= 0.6 is 0 Å². The van der Waals surface area contributed by atoms with Gasteiger partial charge in [-0.1, -0.05) is 25.1 Å². The molecule has 0 unspecified atom stereocenters. The number of carbonyl (C=O) groups is 1. The first-order valence-corrected chi connectivity index (χ1v) is 7.67. The standard InChI is InChI=1S/C17H21N3O/c1-2-3-4-5-8-13-11-16(21)18-12-14-17(13)20-10-7-6-9-15(20)19-14/h3-4,6-7,9-10,13H,2,5,8,11-12H2,1H3,(H,18,21)/b4-3-/t13-/m1/s1. The van der Waals surface area contributed by atoms with Gasteiger partial charge in [-0.25, -0.2) is 4.98 Å². The third kappa shape index (κ3) is 2.84. The van der Waals surface area contributed by atoms with Crippen LogP contribution < -0.4 is 5.32 Å². The maximum Gasteiger partial charge on any atom is 0.220 e. The van der Waals surface area contributed by atoms with Crippen molar-refractivity contribution >= 4 is 11.6 Å². The van der Waals surface area contributed by atoms with Crippen LogP contribution in [0.3, 0.4) is 0 Å². The van der Waals surface area contributed by atoms with Gasteiger partial charge >= 0.3 is 0 Å². The van der Waals surface area contributed by atoms with Crippen molar-refractivity contribution in [3.63, 3.8) is 0 Å². The summed E-state index contributed by atoms with van der Waals surface area (Å²) < 4.78 is 2.14. The molecule has 0 saturated heterocycles. The van der Waals surface area contributed by atoms with E-state index in [1.165, 1.54) is 5.69 Å². The number of pyridine rings is 1. The lowest BCUT2D eigenvalue weighted by Crippen LogP contribution is -2.21. The summed E-state index contributed by atoms with van der Waals surface area (Å²) >= 11 is 0. The number of fused-ring (bicyclic) bond motifs is 3. The zero-order valence-electron chi connectivity index (χ0n) is 12.4. The van der Waals surface area contributed by atoms with Gasteiger partial charge < -0.3 is 9.72 Å². The lowest BCUT2D eigenvalue weighted by molar-refractivity contribution is -0.121. The van der Waals surface area contributed by atoms with Crippen molar-refractivity contribution in [1.29, 1.82) is 0 Å². The van der Waals surface area contributed by atoms with Crippen LogP contribution in [0.1, 0.15) is 49.9 Å². The number of hydrogen-bond donors (Lipinski definition) is 1. The molecule has 0 spiro atoms. The van der Waals surface area contributed by atoms with E-state index in [0.29, 0.717) is 13.0 Å². The highest BCUT2D eigenvalue weighted by Gasteiger charge is 2.26. The van der Waals surface area contributed by atoms with Crippen molar-refractivity contribution < 1.29 is 4.79 Å². The number of imidazole rings is 1. The average Bonchev–Trinajstić information content (AvgIpc) is 2.79. The predicted molar refractivity (Wildman–Crippen MR) is 83.1 cm³/mol. The van der Waals surface area contributed by atoms with Crippen LogP contribution in [0, 0.1) is 0 Å². The van der Waals surface area contributed by atoms with Gasteiger partial charge in [-0.15, -0.1) is 0 Å². The largest absolute Gasteiger partial charge is 0.350 e. The molecular weight excluding hydrogens is 262 g/mol. The average molecular weight is 283 g/mol. The number of aromatic nitrogens is 2. The van der Waals surface area contributed by atoms with E-state index in [1.807, 2.05) is 24.4 Å². The van der Waals surface area contributed by atoms with Gasteiger partial charge in [0.05, 0.1) is 17.9 Å². The van der Waals surface area contributed by atoms with Gasteiger partial charge in [-0.3, -0.25) is 4.79 Å². The first-order chi connectivity index (χ1) is 10.3. The Labute approximate surface area is 124 Å². The number of carbonyl (C=O) groups excluding carboxylic acids is 1. The van der Waals surface area contributed by atoms with Crippen molar-refractivity contribution in [2.45, 2.75) is 45.1 Å². The van der Waals surface area contributed by atoms with Crippen molar-refractivity contribution in [2.24, 2.45) is 0 Å². The number of nitrogens with zero attached hydrogens (tertiary/aromatic N) is 2. The van der Waals surface area contributed by atoms with Gasteiger partial charge in [0.15, 0.2) is 0 Å². The van der Waals surface area contributed by atoms with Gasteiger partial charge in [-0.2, -0.15) is 0 Å². The van der Waals surface area contributed by atoms with Gasteiger partial charge in [0.2, 0.25) is 5.91 Å². The second-order valence-corrected chi connectivity index (χ2v) is 5.51. The minimum atomic E-state index is 0.127. The summed E-state index contributed by atoms with van der Waals surface area (Å²) in [5.74, 6) is 0.364. The van der Waals surface area contributed by atoms with Crippen molar-refractivity contribution in [1.82, 2.24) is 14.7 Å². The predicted octanol–water partition coefficient (Wildman–Crippen LogP) is 3.18. The molecule has 0 aromatic carbocycles. The Morgan fingerprint density at radius 2 is 2.33 bits per heavy atom. The third-order valence-electron chi connectivity index (χ3n) is 4.00. The summed E-state index contributed by atoms with van der Waals surface area (Å²) in [5, 5.41) is 2.96.